The number of fused-ring (bicyclic) bond motifs is 3. The molecule has 1 atom stereocenters. The Kier molecular flexibility index (Phi) is 7.09. The number of methoxy groups -OCH3 is 1. The van der Waals surface area contributed by atoms with Crippen molar-refractivity contribution in [3.05, 3.63) is 71.4 Å². The maximum Gasteiger partial charge on any atom is 0.412 e. The van der Waals surface area contributed by atoms with Crippen LogP contribution in [0.2, 0.25) is 0 Å². The molecule has 0 aliphatic heterocycles. The molecule has 1 aliphatic carbocycles. The highest BCUT2D eigenvalue weighted by Crippen LogP contribution is 2.44. The number of benzene rings is 2. The average Bonchev–Trinajstić information content (AvgIpc) is 3.37. The molecule has 0 spiro atoms. The maximum atomic E-state index is 12.5. The van der Waals surface area contributed by atoms with E-state index < -0.39 is 24.1 Å². The molecule has 0 bridgehead atoms. The molecule has 11 heteroatoms. The number of nitrogens with zero attached hydrogens (tertiary/aromatic N) is 2. The number of anilines is 1. The SMILES string of the molecule is COCC(ONC(=O)c1cc(NC(=O)OCC2c3ccccc3-c3ccccc32)nn1C)C(=O)O. The Morgan fingerprint density at radius 1 is 1.09 bits per heavy atom. The second-order valence-electron chi connectivity index (χ2n) is 7.82. The molecule has 1 unspecified atom stereocenters. The number of nitrogens with one attached hydrogen (secondary N) is 2. The molecular formula is C24H24N4O7. The van der Waals surface area contributed by atoms with Crippen molar-refractivity contribution in [1.29, 1.82) is 0 Å². The molecule has 4 rings (SSSR count). The molecule has 0 fully saturated rings. The van der Waals surface area contributed by atoms with Crippen LogP contribution >= 0.6 is 0 Å². The van der Waals surface area contributed by atoms with Gasteiger partial charge in [-0.05, 0) is 22.3 Å². The third kappa shape index (κ3) is 5.15. The lowest BCUT2D eigenvalue weighted by molar-refractivity contribution is -0.158. The van der Waals surface area contributed by atoms with Crippen LogP contribution in [0.5, 0.6) is 0 Å². The zero-order valence-corrected chi connectivity index (χ0v) is 19.1. The summed E-state index contributed by atoms with van der Waals surface area (Å²) in [5.41, 5.74) is 6.50. The predicted molar refractivity (Wildman–Crippen MR) is 124 cm³/mol. The van der Waals surface area contributed by atoms with Gasteiger partial charge < -0.3 is 14.6 Å². The number of carbonyl (C=O) groups is 3. The van der Waals surface area contributed by atoms with E-state index in [1.54, 1.807) is 0 Å². The first kappa shape index (κ1) is 23.9. The summed E-state index contributed by atoms with van der Waals surface area (Å²) in [6.07, 6.45) is -2.10. The minimum atomic E-state index is -1.38. The summed E-state index contributed by atoms with van der Waals surface area (Å²) in [5, 5.41) is 15.6. The molecule has 182 valence electrons. The molecule has 3 N–H and O–H groups in total. The van der Waals surface area contributed by atoms with Gasteiger partial charge >= 0.3 is 12.1 Å². The average molecular weight is 480 g/mol. The molecule has 35 heavy (non-hydrogen) atoms. The molecule has 2 amide bonds. The minimum Gasteiger partial charge on any atom is -0.479 e. The number of carboxylic acid groups (broad SMARTS) is 1. The fourth-order valence-electron chi connectivity index (χ4n) is 3.96. The third-order valence-electron chi connectivity index (χ3n) is 5.57. The number of rotatable bonds is 9. The van der Waals surface area contributed by atoms with Crippen molar-refractivity contribution < 1.29 is 33.8 Å². The summed E-state index contributed by atoms with van der Waals surface area (Å²) < 4.78 is 11.4. The van der Waals surface area contributed by atoms with Crippen molar-refractivity contribution in [3.8, 4) is 11.1 Å². The van der Waals surface area contributed by atoms with Crippen LogP contribution in [0.3, 0.4) is 0 Å². The number of hydroxylamine groups is 1. The number of carboxylic acids is 1. The molecule has 2 aromatic carbocycles. The van der Waals surface area contributed by atoms with E-state index in [2.05, 4.69) is 10.4 Å². The second-order valence-corrected chi connectivity index (χ2v) is 7.82. The van der Waals surface area contributed by atoms with Crippen molar-refractivity contribution in [3.63, 3.8) is 0 Å². The van der Waals surface area contributed by atoms with Crippen LogP contribution in [0.1, 0.15) is 27.5 Å². The number of ether oxygens (including phenoxy) is 2. The van der Waals surface area contributed by atoms with E-state index >= 15 is 0 Å². The van der Waals surface area contributed by atoms with Crippen LogP contribution in [-0.2, 0) is 26.2 Å². The van der Waals surface area contributed by atoms with E-state index in [1.165, 1.54) is 24.9 Å². The highest BCUT2D eigenvalue weighted by molar-refractivity contribution is 5.94. The Bertz CT molecular complexity index is 1210. The summed E-state index contributed by atoms with van der Waals surface area (Å²) in [6.45, 7) is -0.125. The molecule has 3 aromatic rings. The number of carbonyl (C=O) groups excluding carboxylic acids is 2. The van der Waals surface area contributed by atoms with Gasteiger partial charge in [-0.2, -0.15) is 5.10 Å². The Labute approximate surface area is 200 Å². The van der Waals surface area contributed by atoms with Crippen molar-refractivity contribution >= 4 is 23.8 Å². The van der Waals surface area contributed by atoms with Gasteiger partial charge in [-0.15, -0.1) is 0 Å². The van der Waals surface area contributed by atoms with Gasteiger partial charge in [-0.25, -0.2) is 15.1 Å². The fourth-order valence-corrected chi connectivity index (χ4v) is 3.96. The van der Waals surface area contributed by atoms with Gasteiger partial charge in [-0.3, -0.25) is 19.6 Å². The van der Waals surface area contributed by atoms with Gasteiger partial charge in [0.15, 0.2) is 5.82 Å². The Morgan fingerprint density at radius 3 is 2.31 bits per heavy atom. The third-order valence-corrected chi connectivity index (χ3v) is 5.57. The highest BCUT2D eigenvalue weighted by Gasteiger charge is 2.29. The first-order chi connectivity index (χ1) is 16.9. The quantitative estimate of drug-likeness (QED) is 0.397. The fraction of sp³-hybridized carbons (Fsp3) is 0.250. The number of aromatic nitrogens is 2. The van der Waals surface area contributed by atoms with Crippen molar-refractivity contribution in [1.82, 2.24) is 15.3 Å². The van der Waals surface area contributed by atoms with E-state index in [1.807, 2.05) is 54.0 Å². The lowest BCUT2D eigenvalue weighted by Crippen LogP contribution is -2.37. The highest BCUT2D eigenvalue weighted by atomic mass is 16.7. The molecule has 1 heterocycles. The molecule has 0 saturated heterocycles. The van der Waals surface area contributed by atoms with Crippen LogP contribution in [0.4, 0.5) is 10.6 Å². The summed E-state index contributed by atoms with van der Waals surface area (Å²) in [6, 6.07) is 17.3. The first-order valence-electron chi connectivity index (χ1n) is 10.7. The van der Waals surface area contributed by atoms with Gasteiger partial charge in [0.25, 0.3) is 5.91 Å². The molecular weight excluding hydrogens is 456 g/mol. The first-order valence-corrected chi connectivity index (χ1v) is 10.7. The number of aliphatic carboxylic acids is 1. The van der Waals surface area contributed by atoms with Crippen LogP contribution in [0.15, 0.2) is 54.6 Å². The lowest BCUT2D eigenvalue weighted by Gasteiger charge is -2.14. The molecule has 0 saturated carbocycles. The monoisotopic (exact) mass is 480 g/mol. The van der Waals surface area contributed by atoms with Gasteiger partial charge in [0.05, 0.1) is 6.61 Å². The Hall–Kier alpha value is -4.22. The van der Waals surface area contributed by atoms with Crippen molar-refractivity contribution in [2.45, 2.75) is 12.0 Å². The number of hydrogen-bond donors (Lipinski definition) is 3. The van der Waals surface area contributed by atoms with Crippen molar-refractivity contribution in [2.75, 3.05) is 25.6 Å². The van der Waals surface area contributed by atoms with E-state index in [-0.39, 0.29) is 30.6 Å². The van der Waals surface area contributed by atoms with Crippen LogP contribution in [0.25, 0.3) is 11.1 Å². The minimum absolute atomic E-state index is 0.0282. The van der Waals surface area contributed by atoms with Crippen LogP contribution < -0.4 is 10.8 Å². The zero-order chi connectivity index (χ0) is 24.9. The van der Waals surface area contributed by atoms with Gasteiger partial charge in [0.1, 0.15) is 12.3 Å². The molecule has 0 radical (unpaired) electrons. The van der Waals surface area contributed by atoms with Gasteiger partial charge in [0.2, 0.25) is 6.10 Å². The van der Waals surface area contributed by atoms with E-state index in [0.717, 1.165) is 22.3 Å². The second kappa shape index (κ2) is 10.4. The summed E-state index contributed by atoms with van der Waals surface area (Å²) in [4.78, 5) is 40.8. The van der Waals surface area contributed by atoms with E-state index in [0.29, 0.717) is 0 Å². The van der Waals surface area contributed by atoms with E-state index in [4.69, 9.17) is 19.4 Å². The topological polar surface area (TPSA) is 141 Å². The van der Waals surface area contributed by atoms with Crippen LogP contribution in [0, 0.1) is 0 Å². The largest absolute Gasteiger partial charge is 0.479 e. The summed E-state index contributed by atoms with van der Waals surface area (Å²) in [7, 11) is 2.80. The lowest BCUT2D eigenvalue weighted by atomic mass is 9.98. The summed E-state index contributed by atoms with van der Waals surface area (Å²) in [5.74, 6) is -2.05. The van der Waals surface area contributed by atoms with E-state index in [9.17, 15) is 14.4 Å². The predicted octanol–water partition coefficient (Wildman–Crippen LogP) is 2.54. The van der Waals surface area contributed by atoms with Gasteiger partial charge in [-0.1, -0.05) is 48.5 Å². The molecule has 1 aromatic heterocycles. The number of aryl methyl sites for hydroxylation is 1. The van der Waals surface area contributed by atoms with Crippen molar-refractivity contribution in [2.24, 2.45) is 7.05 Å². The maximum absolute atomic E-state index is 12.5. The Balaban J connectivity index is 1.36. The summed E-state index contributed by atoms with van der Waals surface area (Å²) >= 11 is 0. The Morgan fingerprint density at radius 2 is 1.71 bits per heavy atom. The molecule has 1 aliphatic rings. The molecule has 11 nitrogen and oxygen atoms in total. The zero-order valence-electron chi connectivity index (χ0n) is 19.1. The normalized spacial score (nSPS) is 13.0. The number of hydrogen-bond acceptors (Lipinski definition) is 7. The van der Waals surface area contributed by atoms with Gasteiger partial charge in [0, 0.05) is 26.1 Å². The van der Waals surface area contributed by atoms with Crippen LogP contribution in [-0.4, -0.2) is 59.3 Å². The number of amides is 2. The standard InChI is InChI=1S/C24H24N4O7/c1-28-19(22(29)27-35-20(13-33-2)23(30)31)11-21(26-28)25-24(32)34-12-18-16-9-5-3-7-14(16)15-8-4-6-10-17(15)18/h3-11,18,20H,12-13H2,1-2H3,(H,27,29)(H,30,31)(H,25,26,32). The smallest absolute Gasteiger partial charge is 0.412 e.